The Morgan fingerprint density at radius 1 is 1.35 bits per heavy atom. The van der Waals surface area contributed by atoms with Crippen molar-refractivity contribution in [3.8, 4) is 0 Å². The molecule has 1 aromatic carbocycles. The summed E-state index contributed by atoms with van der Waals surface area (Å²) in [5.74, 6) is -0.0284. The molecular formula is C18H23NO. The Balaban J connectivity index is 0.000000612. The second kappa shape index (κ2) is 7.49. The molecule has 0 heterocycles. The van der Waals surface area contributed by atoms with Gasteiger partial charge < -0.3 is 5.32 Å². The molecule has 1 N–H and O–H groups in total. The van der Waals surface area contributed by atoms with Crippen LogP contribution in [0.15, 0.2) is 48.6 Å². The van der Waals surface area contributed by atoms with Crippen molar-refractivity contribution in [2.24, 2.45) is 0 Å². The lowest BCUT2D eigenvalue weighted by Crippen LogP contribution is -2.08. The Kier molecular flexibility index (Phi) is 5.98. The zero-order valence-electron chi connectivity index (χ0n) is 12.8. The van der Waals surface area contributed by atoms with Gasteiger partial charge in [-0.1, -0.05) is 24.3 Å². The van der Waals surface area contributed by atoms with E-state index in [1.165, 1.54) is 29.2 Å². The normalized spacial score (nSPS) is 14.6. The molecule has 1 amide bonds. The SMILES string of the molecule is C/C=C1/C=C(C)c2ccc(NC(C)=O)cc2C1.C=CC. The van der Waals surface area contributed by atoms with Crippen LogP contribution in [0.25, 0.3) is 5.57 Å². The maximum atomic E-state index is 11.0. The first-order valence-electron chi connectivity index (χ1n) is 6.83. The number of hydrogen-bond donors (Lipinski definition) is 1. The molecule has 1 aliphatic carbocycles. The molecular weight excluding hydrogens is 246 g/mol. The third-order valence-electron chi connectivity index (χ3n) is 3.02. The van der Waals surface area contributed by atoms with E-state index in [1.54, 1.807) is 6.08 Å². The highest BCUT2D eigenvalue weighted by molar-refractivity contribution is 5.89. The van der Waals surface area contributed by atoms with E-state index in [2.05, 4.69) is 50.0 Å². The molecule has 0 aliphatic heterocycles. The molecule has 0 radical (unpaired) electrons. The van der Waals surface area contributed by atoms with Crippen LogP contribution in [0, 0.1) is 0 Å². The zero-order chi connectivity index (χ0) is 15.1. The van der Waals surface area contributed by atoms with Crippen molar-refractivity contribution in [1.29, 1.82) is 0 Å². The summed E-state index contributed by atoms with van der Waals surface area (Å²) in [4.78, 5) is 11.0. The van der Waals surface area contributed by atoms with Gasteiger partial charge in [-0.15, -0.1) is 6.58 Å². The molecule has 1 aliphatic rings. The second-order valence-corrected chi connectivity index (χ2v) is 4.83. The van der Waals surface area contributed by atoms with E-state index in [1.807, 2.05) is 13.0 Å². The van der Waals surface area contributed by atoms with Crippen LogP contribution in [0.4, 0.5) is 5.69 Å². The molecule has 0 fully saturated rings. The lowest BCUT2D eigenvalue weighted by Gasteiger charge is -2.18. The number of benzene rings is 1. The number of amides is 1. The highest BCUT2D eigenvalue weighted by Gasteiger charge is 2.12. The van der Waals surface area contributed by atoms with Crippen LogP contribution in [0.1, 0.15) is 38.8 Å². The smallest absolute Gasteiger partial charge is 0.221 e. The minimum absolute atomic E-state index is 0.0284. The molecule has 1 aromatic rings. The molecule has 0 unspecified atom stereocenters. The van der Waals surface area contributed by atoms with Gasteiger partial charge in [-0.2, -0.15) is 0 Å². The fourth-order valence-corrected chi connectivity index (χ4v) is 2.22. The van der Waals surface area contributed by atoms with Crippen LogP contribution in [-0.4, -0.2) is 5.91 Å². The minimum atomic E-state index is -0.0284. The number of nitrogens with one attached hydrogen (secondary N) is 1. The highest BCUT2D eigenvalue weighted by Crippen LogP contribution is 2.30. The first-order chi connectivity index (χ1) is 9.51. The molecule has 0 bridgehead atoms. The van der Waals surface area contributed by atoms with Gasteiger partial charge >= 0.3 is 0 Å². The summed E-state index contributed by atoms with van der Waals surface area (Å²) < 4.78 is 0. The predicted molar refractivity (Wildman–Crippen MR) is 87.7 cm³/mol. The first-order valence-corrected chi connectivity index (χ1v) is 6.83. The Bertz CT molecular complexity index is 565. The van der Waals surface area contributed by atoms with E-state index >= 15 is 0 Å². The maximum absolute atomic E-state index is 11.0. The van der Waals surface area contributed by atoms with Crippen LogP contribution in [0.5, 0.6) is 0 Å². The molecule has 0 saturated heterocycles. The predicted octanol–water partition coefficient (Wildman–Crippen LogP) is 4.74. The summed E-state index contributed by atoms with van der Waals surface area (Å²) in [6.45, 7) is 11.0. The van der Waals surface area contributed by atoms with Crippen molar-refractivity contribution < 1.29 is 4.79 Å². The summed E-state index contributed by atoms with van der Waals surface area (Å²) in [7, 11) is 0. The summed E-state index contributed by atoms with van der Waals surface area (Å²) in [6.07, 6.45) is 7.05. The summed E-state index contributed by atoms with van der Waals surface area (Å²) >= 11 is 0. The number of hydrogen-bond acceptors (Lipinski definition) is 1. The van der Waals surface area contributed by atoms with Gasteiger partial charge in [0.1, 0.15) is 0 Å². The first kappa shape index (κ1) is 16.0. The van der Waals surface area contributed by atoms with Crippen molar-refractivity contribution in [3.63, 3.8) is 0 Å². The van der Waals surface area contributed by atoms with Gasteiger partial charge in [0.05, 0.1) is 0 Å². The number of carbonyl (C=O) groups excluding carboxylic acids is 1. The van der Waals surface area contributed by atoms with Crippen molar-refractivity contribution >= 4 is 17.2 Å². The molecule has 0 saturated carbocycles. The van der Waals surface area contributed by atoms with Gasteiger partial charge in [-0.05, 0) is 61.6 Å². The lowest BCUT2D eigenvalue weighted by atomic mass is 9.88. The van der Waals surface area contributed by atoms with Crippen molar-refractivity contribution in [2.75, 3.05) is 5.32 Å². The molecule has 0 atom stereocenters. The van der Waals surface area contributed by atoms with E-state index in [4.69, 9.17) is 0 Å². The number of anilines is 1. The summed E-state index contributed by atoms with van der Waals surface area (Å²) in [6, 6.07) is 6.10. The number of carbonyl (C=O) groups is 1. The molecule has 106 valence electrons. The second-order valence-electron chi connectivity index (χ2n) is 4.83. The third-order valence-corrected chi connectivity index (χ3v) is 3.02. The van der Waals surface area contributed by atoms with Gasteiger partial charge in [0.25, 0.3) is 0 Å². The summed E-state index contributed by atoms with van der Waals surface area (Å²) in [5.41, 5.74) is 6.05. The highest BCUT2D eigenvalue weighted by atomic mass is 16.1. The standard InChI is InChI=1S/C15H17NO.C3H6/c1-4-12-7-10(2)15-6-5-14(16-11(3)17)9-13(15)8-12;1-3-2/h4-7,9H,8H2,1-3H3,(H,16,17);3H,1H2,2H3/b12-4-;. The minimum Gasteiger partial charge on any atom is -0.326 e. The van der Waals surface area contributed by atoms with Gasteiger partial charge in [-0.25, -0.2) is 0 Å². The van der Waals surface area contributed by atoms with Crippen molar-refractivity contribution in [2.45, 2.75) is 34.1 Å². The Hall–Kier alpha value is -2.09. The van der Waals surface area contributed by atoms with Gasteiger partial charge in [0, 0.05) is 12.6 Å². The van der Waals surface area contributed by atoms with Gasteiger partial charge in [-0.3, -0.25) is 4.79 Å². The fourth-order valence-electron chi connectivity index (χ4n) is 2.22. The molecule has 20 heavy (non-hydrogen) atoms. The van der Waals surface area contributed by atoms with Crippen molar-refractivity contribution in [1.82, 2.24) is 0 Å². The van der Waals surface area contributed by atoms with Crippen molar-refractivity contribution in [3.05, 3.63) is 59.7 Å². The van der Waals surface area contributed by atoms with E-state index in [9.17, 15) is 4.79 Å². The average molecular weight is 269 g/mol. The molecule has 0 aromatic heterocycles. The zero-order valence-corrected chi connectivity index (χ0v) is 12.8. The van der Waals surface area contributed by atoms with E-state index in [-0.39, 0.29) is 5.91 Å². The Morgan fingerprint density at radius 2 is 2.00 bits per heavy atom. The molecule has 2 heteroatoms. The molecule has 2 nitrogen and oxygen atoms in total. The van der Waals surface area contributed by atoms with E-state index in [0.717, 1.165) is 12.1 Å². The molecule has 0 spiro atoms. The lowest BCUT2D eigenvalue weighted by molar-refractivity contribution is -0.114. The number of rotatable bonds is 1. The van der Waals surface area contributed by atoms with Crippen LogP contribution < -0.4 is 5.32 Å². The van der Waals surface area contributed by atoms with Crippen LogP contribution in [-0.2, 0) is 11.2 Å². The topological polar surface area (TPSA) is 29.1 Å². The van der Waals surface area contributed by atoms with Crippen LogP contribution in [0.2, 0.25) is 0 Å². The van der Waals surface area contributed by atoms with E-state index in [0.29, 0.717) is 0 Å². The maximum Gasteiger partial charge on any atom is 0.221 e. The molecule has 2 rings (SSSR count). The largest absolute Gasteiger partial charge is 0.326 e. The van der Waals surface area contributed by atoms with E-state index < -0.39 is 0 Å². The van der Waals surface area contributed by atoms with Crippen LogP contribution >= 0.6 is 0 Å². The third kappa shape index (κ3) is 4.23. The Labute approximate surface area is 121 Å². The Morgan fingerprint density at radius 3 is 2.55 bits per heavy atom. The van der Waals surface area contributed by atoms with Gasteiger partial charge in [0.2, 0.25) is 5.91 Å². The quantitative estimate of drug-likeness (QED) is 0.733. The average Bonchev–Trinajstić information content (AvgIpc) is 2.38. The monoisotopic (exact) mass is 269 g/mol. The van der Waals surface area contributed by atoms with Crippen LogP contribution in [0.3, 0.4) is 0 Å². The van der Waals surface area contributed by atoms with Gasteiger partial charge in [0.15, 0.2) is 0 Å². The number of allylic oxidation sites excluding steroid dienone is 5. The summed E-state index contributed by atoms with van der Waals surface area (Å²) in [5, 5.41) is 2.82. The fraction of sp³-hybridized carbons (Fsp3) is 0.278. The number of fused-ring (bicyclic) bond motifs is 1.